The number of hydrogen-bond acceptors (Lipinski definition) is 4. The summed E-state index contributed by atoms with van der Waals surface area (Å²) in [7, 11) is 1.67. The van der Waals surface area contributed by atoms with E-state index in [1.54, 1.807) is 18.9 Å². The number of nitrogens with zero attached hydrogens (tertiary/aromatic N) is 3. The first-order chi connectivity index (χ1) is 14.1. The van der Waals surface area contributed by atoms with E-state index in [2.05, 4.69) is 77.1 Å². The molecule has 0 unspecified atom stereocenters. The number of ether oxygens (including phenoxy) is 1. The highest BCUT2D eigenvalue weighted by atomic mass is 32.2. The third-order valence-electron chi connectivity index (χ3n) is 4.70. The lowest BCUT2D eigenvalue weighted by atomic mass is 10.2. The summed E-state index contributed by atoms with van der Waals surface area (Å²) in [6.45, 7) is 4.20. The number of aromatic nitrogens is 3. The van der Waals surface area contributed by atoms with Gasteiger partial charge in [-0.3, -0.25) is 4.57 Å². The minimum absolute atomic E-state index is 0.801. The minimum Gasteiger partial charge on any atom is -0.497 e. The van der Waals surface area contributed by atoms with E-state index >= 15 is 0 Å². The molecule has 0 aliphatic carbocycles. The maximum atomic E-state index is 5.40. The fraction of sp³-hybridized carbons (Fsp3) is 0.167. The Balaban J connectivity index is 1.74. The predicted octanol–water partition coefficient (Wildman–Crippen LogP) is 5.85. The highest BCUT2D eigenvalue weighted by molar-refractivity contribution is 7.98. The summed E-state index contributed by atoms with van der Waals surface area (Å²) < 4.78 is 7.52. The monoisotopic (exact) mass is 401 g/mol. The van der Waals surface area contributed by atoms with E-state index in [1.165, 1.54) is 16.7 Å². The summed E-state index contributed by atoms with van der Waals surface area (Å²) in [5, 5.41) is 9.92. The quantitative estimate of drug-likeness (QED) is 0.380. The van der Waals surface area contributed by atoms with Gasteiger partial charge in [0.1, 0.15) is 5.75 Å². The van der Waals surface area contributed by atoms with E-state index < -0.39 is 0 Å². The Morgan fingerprint density at radius 3 is 2.41 bits per heavy atom. The fourth-order valence-corrected chi connectivity index (χ4v) is 4.08. The van der Waals surface area contributed by atoms with Gasteiger partial charge >= 0.3 is 0 Å². The largest absolute Gasteiger partial charge is 0.497 e. The zero-order valence-electron chi connectivity index (χ0n) is 16.8. The van der Waals surface area contributed by atoms with Crippen molar-refractivity contribution in [2.45, 2.75) is 24.8 Å². The molecular weight excluding hydrogens is 378 g/mol. The van der Waals surface area contributed by atoms with Gasteiger partial charge in [0.05, 0.1) is 7.11 Å². The molecule has 4 rings (SSSR count). The Morgan fingerprint density at radius 2 is 1.66 bits per heavy atom. The predicted molar refractivity (Wildman–Crippen MR) is 119 cm³/mol. The van der Waals surface area contributed by atoms with Crippen molar-refractivity contribution in [3.8, 4) is 22.8 Å². The van der Waals surface area contributed by atoms with E-state index in [-0.39, 0.29) is 0 Å². The van der Waals surface area contributed by atoms with Gasteiger partial charge in [0.15, 0.2) is 11.0 Å². The zero-order chi connectivity index (χ0) is 20.2. The molecule has 3 aromatic carbocycles. The SMILES string of the molecule is COc1cccc(-c2nnc(SCc3cccc(C)c3)n2-c2ccc(C)cc2)c1. The zero-order valence-corrected chi connectivity index (χ0v) is 17.6. The van der Waals surface area contributed by atoms with Crippen LogP contribution < -0.4 is 4.74 Å². The van der Waals surface area contributed by atoms with Gasteiger partial charge in [-0.05, 0) is 43.7 Å². The molecule has 0 N–H and O–H groups in total. The first-order valence-electron chi connectivity index (χ1n) is 9.49. The van der Waals surface area contributed by atoms with E-state index in [4.69, 9.17) is 4.74 Å². The molecule has 0 saturated carbocycles. The van der Waals surface area contributed by atoms with Gasteiger partial charge in [0.25, 0.3) is 0 Å². The normalized spacial score (nSPS) is 10.9. The van der Waals surface area contributed by atoms with Gasteiger partial charge in [-0.2, -0.15) is 0 Å². The average molecular weight is 402 g/mol. The van der Waals surface area contributed by atoms with Gasteiger partial charge in [-0.1, -0.05) is 71.4 Å². The van der Waals surface area contributed by atoms with Crippen molar-refractivity contribution in [2.75, 3.05) is 7.11 Å². The summed E-state index contributed by atoms with van der Waals surface area (Å²) in [5.74, 6) is 2.44. The maximum Gasteiger partial charge on any atom is 0.196 e. The molecule has 0 atom stereocenters. The summed E-state index contributed by atoms with van der Waals surface area (Å²) in [4.78, 5) is 0. The van der Waals surface area contributed by atoms with Crippen LogP contribution in [0.25, 0.3) is 17.1 Å². The third-order valence-corrected chi connectivity index (χ3v) is 5.70. The number of hydrogen-bond donors (Lipinski definition) is 0. The molecule has 0 aliphatic rings. The van der Waals surface area contributed by atoms with Crippen LogP contribution in [0, 0.1) is 13.8 Å². The Morgan fingerprint density at radius 1 is 0.862 bits per heavy atom. The molecule has 29 heavy (non-hydrogen) atoms. The third kappa shape index (κ3) is 4.35. The molecule has 0 bridgehead atoms. The van der Waals surface area contributed by atoms with Crippen LogP contribution in [0.1, 0.15) is 16.7 Å². The van der Waals surface area contributed by atoms with Crippen molar-refractivity contribution in [3.63, 3.8) is 0 Å². The Kier molecular flexibility index (Phi) is 5.67. The molecule has 146 valence electrons. The van der Waals surface area contributed by atoms with Crippen LogP contribution in [0.15, 0.2) is 78.0 Å². The van der Waals surface area contributed by atoms with Crippen molar-refractivity contribution >= 4 is 11.8 Å². The highest BCUT2D eigenvalue weighted by Gasteiger charge is 2.17. The topological polar surface area (TPSA) is 39.9 Å². The first kappa shape index (κ1) is 19.3. The van der Waals surface area contributed by atoms with E-state index in [0.29, 0.717) is 0 Å². The molecule has 1 aromatic heterocycles. The van der Waals surface area contributed by atoms with Crippen LogP contribution in [0.3, 0.4) is 0 Å². The Bertz CT molecular complexity index is 1120. The summed E-state index contributed by atoms with van der Waals surface area (Å²) in [6, 6.07) is 24.9. The summed E-state index contributed by atoms with van der Waals surface area (Å²) in [6.07, 6.45) is 0. The van der Waals surface area contributed by atoms with Crippen LogP contribution in [-0.2, 0) is 5.75 Å². The highest BCUT2D eigenvalue weighted by Crippen LogP contribution is 2.31. The van der Waals surface area contributed by atoms with E-state index in [0.717, 1.165) is 33.7 Å². The molecule has 5 heteroatoms. The number of methoxy groups -OCH3 is 1. The van der Waals surface area contributed by atoms with Gasteiger partial charge in [0, 0.05) is 17.0 Å². The molecule has 4 nitrogen and oxygen atoms in total. The van der Waals surface area contributed by atoms with Crippen LogP contribution in [-0.4, -0.2) is 21.9 Å². The number of rotatable bonds is 6. The Hall–Kier alpha value is -3.05. The smallest absolute Gasteiger partial charge is 0.196 e. The van der Waals surface area contributed by atoms with E-state index in [9.17, 15) is 0 Å². The minimum atomic E-state index is 0.801. The molecular formula is C24H23N3OS. The molecule has 1 heterocycles. The van der Waals surface area contributed by atoms with Crippen molar-refractivity contribution < 1.29 is 4.74 Å². The summed E-state index contributed by atoms with van der Waals surface area (Å²) in [5.41, 5.74) is 5.78. The molecule has 0 spiro atoms. The molecule has 0 aliphatic heterocycles. The lowest BCUT2D eigenvalue weighted by Crippen LogP contribution is -2.00. The second-order valence-corrected chi connectivity index (χ2v) is 7.93. The van der Waals surface area contributed by atoms with Crippen LogP contribution in [0.4, 0.5) is 0 Å². The van der Waals surface area contributed by atoms with Crippen molar-refractivity contribution in [3.05, 3.63) is 89.5 Å². The van der Waals surface area contributed by atoms with Crippen LogP contribution in [0.2, 0.25) is 0 Å². The first-order valence-corrected chi connectivity index (χ1v) is 10.5. The molecule has 4 aromatic rings. The van der Waals surface area contributed by atoms with Gasteiger partial charge in [-0.15, -0.1) is 10.2 Å². The Labute approximate surface area is 175 Å². The standard InChI is InChI=1S/C24H23N3OS/c1-17-10-12-21(13-11-17)27-23(20-8-5-9-22(15-20)28-3)25-26-24(27)29-16-19-7-4-6-18(2)14-19/h4-15H,16H2,1-3H3. The number of thioether (sulfide) groups is 1. The van der Waals surface area contributed by atoms with Gasteiger partial charge in [0.2, 0.25) is 0 Å². The number of benzene rings is 3. The fourth-order valence-electron chi connectivity index (χ4n) is 3.19. The lowest BCUT2D eigenvalue weighted by molar-refractivity contribution is 0.415. The van der Waals surface area contributed by atoms with Gasteiger partial charge < -0.3 is 4.74 Å². The second-order valence-electron chi connectivity index (χ2n) is 6.99. The van der Waals surface area contributed by atoms with Crippen molar-refractivity contribution in [1.29, 1.82) is 0 Å². The molecule has 0 saturated heterocycles. The lowest BCUT2D eigenvalue weighted by Gasteiger charge is -2.11. The van der Waals surface area contributed by atoms with Crippen molar-refractivity contribution in [1.82, 2.24) is 14.8 Å². The molecule has 0 amide bonds. The van der Waals surface area contributed by atoms with Gasteiger partial charge in [-0.25, -0.2) is 0 Å². The molecule has 0 radical (unpaired) electrons. The second kappa shape index (κ2) is 8.53. The maximum absolute atomic E-state index is 5.40. The average Bonchev–Trinajstić information content (AvgIpc) is 3.17. The van der Waals surface area contributed by atoms with Crippen LogP contribution in [0.5, 0.6) is 5.75 Å². The van der Waals surface area contributed by atoms with Crippen LogP contribution >= 0.6 is 11.8 Å². The van der Waals surface area contributed by atoms with Crippen molar-refractivity contribution in [2.24, 2.45) is 0 Å². The molecule has 0 fully saturated rings. The van der Waals surface area contributed by atoms with E-state index in [1.807, 2.05) is 24.3 Å². The summed E-state index contributed by atoms with van der Waals surface area (Å²) >= 11 is 1.69. The number of aryl methyl sites for hydroxylation is 2.